The molecular formula is C24H47N7O12. The van der Waals surface area contributed by atoms with Crippen molar-refractivity contribution < 1.29 is 59.1 Å². The van der Waals surface area contributed by atoms with E-state index in [1.165, 1.54) is 7.05 Å². The van der Waals surface area contributed by atoms with Crippen molar-refractivity contribution in [1.29, 1.82) is 0 Å². The van der Waals surface area contributed by atoms with E-state index in [1.807, 2.05) is 0 Å². The number of carbonyl (C=O) groups is 1. The Morgan fingerprint density at radius 2 is 1.53 bits per heavy atom. The zero-order valence-corrected chi connectivity index (χ0v) is 23.7. The van der Waals surface area contributed by atoms with E-state index in [9.17, 15) is 35.4 Å². The molecule has 0 aromatic carbocycles. The third-order valence-electron chi connectivity index (χ3n) is 8.59. The molecule has 19 heteroatoms. The molecule has 4 aliphatic rings. The number of aliphatic hydroxyl groups excluding tert-OH is 6. The second kappa shape index (κ2) is 14.5. The summed E-state index contributed by atoms with van der Waals surface area (Å²) < 4.78 is 29.5. The molecule has 3 aliphatic heterocycles. The summed E-state index contributed by atoms with van der Waals surface area (Å²) >= 11 is 0. The van der Waals surface area contributed by atoms with Gasteiger partial charge in [0.2, 0.25) is 5.91 Å². The van der Waals surface area contributed by atoms with Gasteiger partial charge in [-0.1, -0.05) is 0 Å². The summed E-state index contributed by atoms with van der Waals surface area (Å²) in [6.45, 7) is -0.830. The van der Waals surface area contributed by atoms with Gasteiger partial charge in [0.15, 0.2) is 18.9 Å². The number of rotatable bonds is 9. The van der Waals surface area contributed by atoms with E-state index in [2.05, 4.69) is 10.6 Å². The normalized spacial score (nSPS) is 49.6. The maximum atomic E-state index is 12.2. The Kier molecular flexibility index (Phi) is 11.7. The molecule has 19 nitrogen and oxygen atoms in total. The molecule has 3 saturated heterocycles. The van der Waals surface area contributed by atoms with Gasteiger partial charge < -0.3 is 93.6 Å². The average molecular weight is 626 g/mol. The number of amides is 1. The summed E-state index contributed by atoms with van der Waals surface area (Å²) in [5.74, 6) is -0.712. The standard InChI is InChI=1S/C24H47N7O12/c1-30-13-16(35)20-10(3-8(28)22(42-20)41-19-7(27)2-6(26)14(33)17(19)36)39-23(13)43-24-18(37)15(34)12(11(5-32)40-24)31-21(38)9(29)4-25/h6-20,22-24,30,32-37H,2-5,25-29H2,1H3,(H,31,38)/t6-,7?,8?,9-,10+,11?,12-,13?,14?,15+,16?,17-,18?,19-,20?,22+,23?,24-/m1/s1. The molecule has 4 rings (SSSR count). The van der Waals surface area contributed by atoms with Crippen LogP contribution in [-0.2, 0) is 28.5 Å². The highest BCUT2D eigenvalue weighted by molar-refractivity contribution is 5.82. The van der Waals surface area contributed by atoms with Crippen LogP contribution in [0.4, 0.5) is 0 Å². The Hall–Kier alpha value is -1.21. The van der Waals surface area contributed by atoms with Crippen molar-refractivity contribution in [1.82, 2.24) is 10.6 Å². The van der Waals surface area contributed by atoms with Gasteiger partial charge in [-0.05, 0) is 19.9 Å². The highest BCUT2D eigenvalue weighted by Crippen LogP contribution is 2.35. The van der Waals surface area contributed by atoms with E-state index in [4.69, 9.17) is 52.4 Å². The first-order valence-electron chi connectivity index (χ1n) is 14.3. The van der Waals surface area contributed by atoms with Crippen LogP contribution in [-0.4, -0.2) is 167 Å². The van der Waals surface area contributed by atoms with E-state index < -0.39 is 123 Å². The van der Waals surface area contributed by atoms with Gasteiger partial charge in [0.25, 0.3) is 0 Å². The molecule has 250 valence electrons. The van der Waals surface area contributed by atoms with Crippen molar-refractivity contribution >= 4 is 5.91 Å². The topological polar surface area (TPSA) is 339 Å². The van der Waals surface area contributed by atoms with Crippen LogP contribution in [0.2, 0.25) is 0 Å². The molecule has 0 aromatic rings. The lowest BCUT2D eigenvalue weighted by Gasteiger charge is -2.51. The smallest absolute Gasteiger partial charge is 0.238 e. The van der Waals surface area contributed by atoms with Crippen LogP contribution in [0.1, 0.15) is 12.8 Å². The van der Waals surface area contributed by atoms with Crippen LogP contribution < -0.4 is 39.3 Å². The number of likely N-dealkylation sites (N-methyl/N-ethyl adjacent to an activating group) is 1. The minimum Gasteiger partial charge on any atom is -0.394 e. The highest BCUT2D eigenvalue weighted by atomic mass is 16.8. The lowest BCUT2D eigenvalue weighted by atomic mass is 9.84. The van der Waals surface area contributed by atoms with Gasteiger partial charge in [0.1, 0.15) is 42.7 Å². The fraction of sp³-hybridized carbons (Fsp3) is 0.958. The maximum absolute atomic E-state index is 12.2. The molecule has 1 aliphatic carbocycles. The number of hydrogen-bond acceptors (Lipinski definition) is 18. The van der Waals surface area contributed by atoms with Crippen molar-refractivity contribution in [2.24, 2.45) is 28.7 Å². The molecule has 3 heterocycles. The molecule has 4 fully saturated rings. The number of nitrogens with two attached hydrogens (primary N) is 5. The summed E-state index contributed by atoms with van der Waals surface area (Å²) in [4.78, 5) is 12.2. The minimum atomic E-state index is -1.71. The van der Waals surface area contributed by atoms with E-state index >= 15 is 0 Å². The van der Waals surface area contributed by atoms with E-state index in [0.29, 0.717) is 0 Å². The fourth-order valence-electron chi connectivity index (χ4n) is 5.98. The number of fused-ring (bicyclic) bond motifs is 1. The molecule has 9 unspecified atom stereocenters. The number of ether oxygens (including phenoxy) is 5. The lowest BCUT2D eigenvalue weighted by Crippen LogP contribution is -2.70. The maximum Gasteiger partial charge on any atom is 0.238 e. The average Bonchev–Trinajstić information content (AvgIpc) is 2.97. The zero-order valence-electron chi connectivity index (χ0n) is 23.7. The first-order valence-corrected chi connectivity index (χ1v) is 14.3. The molecule has 18 N–H and O–H groups in total. The number of hydrogen-bond donors (Lipinski definition) is 13. The molecule has 0 radical (unpaired) electrons. The summed E-state index contributed by atoms with van der Waals surface area (Å²) in [5, 5.41) is 68.6. The SMILES string of the molecule is CNC1C(O[C@H]2OC(CO)[C@@H](NC(=O)[C@H](N)CN)[C@H](O)C2O)O[C@H]2CC(N)[C@@H](O[C@@H]3C(N)C[C@@H](N)C(O)[C@H]3O)OC2C1O. The molecule has 0 spiro atoms. The first-order chi connectivity index (χ1) is 20.3. The summed E-state index contributed by atoms with van der Waals surface area (Å²) in [7, 11) is 1.52. The van der Waals surface area contributed by atoms with Gasteiger partial charge in [-0.2, -0.15) is 0 Å². The van der Waals surface area contributed by atoms with Crippen LogP contribution in [0.3, 0.4) is 0 Å². The van der Waals surface area contributed by atoms with Gasteiger partial charge in [-0.15, -0.1) is 0 Å². The van der Waals surface area contributed by atoms with Crippen LogP contribution in [0.25, 0.3) is 0 Å². The van der Waals surface area contributed by atoms with E-state index in [-0.39, 0.29) is 19.4 Å². The third kappa shape index (κ3) is 7.13. The summed E-state index contributed by atoms with van der Waals surface area (Å²) in [6, 6.07) is -5.52. The molecule has 18 atom stereocenters. The molecule has 1 amide bonds. The van der Waals surface area contributed by atoms with Crippen molar-refractivity contribution in [3.8, 4) is 0 Å². The Bertz CT molecular complexity index is 926. The number of carbonyl (C=O) groups excluding carboxylic acids is 1. The van der Waals surface area contributed by atoms with Crippen molar-refractivity contribution in [2.75, 3.05) is 20.2 Å². The van der Waals surface area contributed by atoms with Crippen molar-refractivity contribution in [3.05, 3.63) is 0 Å². The van der Waals surface area contributed by atoms with Gasteiger partial charge in [-0.3, -0.25) is 4.79 Å². The fourth-order valence-corrected chi connectivity index (χ4v) is 5.98. The molecular weight excluding hydrogens is 578 g/mol. The Labute approximate surface area is 247 Å². The minimum absolute atomic E-state index is 0.105. The highest BCUT2D eigenvalue weighted by Gasteiger charge is 2.54. The van der Waals surface area contributed by atoms with E-state index in [1.54, 1.807) is 0 Å². The monoisotopic (exact) mass is 625 g/mol. The van der Waals surface area contributed by atoms with Crippen LogP contribution >= 0.6 is 0 Å². The van der Waals surface area contributed by atoms with Crippen LogP contribution in [0, 0.1) is 0 Å². The molecule has 0 bridgehead atoms. The Morgan fingerprint density at radius 1 is 0.837 bits per heavy atom. The Balaban J connectivity index is 1.42. The Morgan fingerprint density at radius 3 is 2.16 bits per heavy atom. The predicted molar refractivity (Wildman–Crippen MR) is 144 cm³/mol. The van der Waals surface area contributed by atoms with E-state index in [0.717, 1.165) is 0 Å². The molecule has 1 saturated carbocycles. The number of aliphatic hydroxyl groups is 6. The summed E-state index contributed by atoms with van der Waals surface area (Å²) in [5.41, 5.74) is 29.3. The van der Waals surface area contributed by atoms with Gasteiger partial charge >= 0.3 is 0 Å². The zero-order chi connectivity index (χ0) is 31.7. The first kappa shape index (κ1) is 34.7. The van der Waals surface area contributed by atoms with Crippen molar-refractivity contribution in [3.63, 3.8) is 0 Å². The van der Waals surface area contributed by atoms with Gasteiger partial charge in [-0.25, -0.2) is 0 Å². The quantitative estimate of drug-likeness (QED) is 0.113. The molecule has 0 aromatic heterocycles. The lowest BCUT2D eigenvalue weighted by molar-refractivity contribution is -0.373. The largest absolute Gasteiger partial charge is 0.394 e. The number of nitrogens with one attached hydrogen (secondary N) is 2. The second-order valence-corrected chi connectivity index (χ2v) is 11.6. The van der Waals surface area contributed by atoms with Crippen LogP contribution in [0.15, 0.2) is 0 Å². The predicted octanol–water partition coefficient (Wildman–Crippen LogP) is -8.51. The van der Waals surface area contributed by atoms with Gasteiger partial charge in [0, 0.05) is 18.6 Å². The summed E-state index contributed by atoms with van der Waals surface area (Å²) in [6.07, 6.45) is -14.9. The molecule has 43 heavy (non-hydrogen) atoms. The van der Waals surface area contributed by atoms with Crippen LogP contribution in [0.5, 0.6) is 0 Å². The second-order valence-electron chi connectivity index (χ2n) is 11.6. The van der Waals surface area contributed by atoms with Gasteiger partial charge in [0.05, 0.1) is 43.0 Å². The third-order valence-corrected chi connectivity index (χ3v) is 8.59. The van der Waals surface area contributed by atoms with Crippen molar-refractivity contribution in [2.45, 2.75) is 123 Å².